The molecule has 0 bridgehead atoms. The third-order valence-corrected chi connectivity index (χ3v) is 4.44. The van der Waals surface area contributed by atoms with Gasteiger partial charge in [-0.15, -0.1) is 0 Å². The average Bonchev–Trinajstić information content (AvgIpc) is 2.72. The highest BCUT2D eigenvalue weighted by molar-refractivity contribution is 5.84. The van der Waals surface area contributed by atoms with Crippen molar-refractivity contribution < 1.29 is 28.5 Å². The maximum absolute atomic E-state index is 12.0. The number of hydrogen-bond acceptors (Lipinski definition) is 6. The van der Waals surface area contributed by atoms with E-state index in [0.717, 1.165) is 24.2 Å². The number of carbonyl (C=O) groups excluding carboxylic acids is 2. The summed E-state index contributed by atoms with van der Waals surface area (Å²) in [4.78, 5) is 23.8. The first-order valence-electron chi connectivity index (χ1n) is 11.2. The molecule has 0 aliphatic heterocycles. The second kappa shape index (κ2) is 11.6. The zero-order chi connectivity index (χ0) is 24.5. The van der Waals surface area contributed by atoms with Gasteiger partial charge in [0.2, 0.25) is 0 Å². The zero-order valence-corrected chi connectivity index (χ0v) is 20.4. The molecule has 0 aliphatic carbocycles. The minimum atomic E-state index is -1.04. The summed E-state index contributed by atoms with van der Waals surface area (Å²) in [6.07, 6.45) is 1.20. The van der Waals surface area contributed by atoms with Crippen molar-refractivity contribution in [2.75, 3.05) is 18.5 Å². The number of anilines is 1. The van der Waals surface area contributed by atoms with Gasteiger partial charge in [0.05, 0.1) is 13.2 Å². The highest BCUT2D eigenvalue weighted by atomic mass is 16.6. The lowest BCUT2D eigenvalue weighted by molar-refractivity contribution is -0.158. The van der Waals surface area contributed by atoms with Crippen molar-refractivity contribution in [1.82, 2.24) is 0 Å². The van der Waals surface area contributed by atoms with E-state index in [-0.39, 0.29) is 5.97 Å². The summed E-state index contributed by atoms with van der Waals surface area (Å²) in [5, 5.41) is 2.69. The van der Waals surface area contributed by atoms with Crippen LogP contribution in [0, 0.1) is 0 Å². The largest absolute Gasteiger partial charge is 0.494 e. The molecule has 0 saturated heterocycles. The molecule has 0 unspecified atom stereocenters. The number of carbonyl (C=O) groups is 2. The predicted molar refractivity (Wildman–Crippen MR) is 128 cm³/mol. The molecular formula is C26H35NO6. The van der Waals surface area contributed by atoms with Crippen molar-refractivity contribution in [2.24, 2.45) is 0 Å². The van der Waals surface area contributed by atoms with E-state index in [1.54, 1.807) is 32.9 Å². The smallest absolute Gasteiger partial charge is 0.412 e. The van der Waals surface area contributed by atoms with Crippen LogP contribution in [0.25, 0.3) is 0 Å². The molecule has 0 atom stereocenters. The standard InChI is InChI=1S/C26H35NO6/c1-7-30-23(28)26(5,6)32-22-14-10-19(11-15-22)9-8-18-31-21-16-12-20(13-17-21)27-24(29)33-25(2,3)4/h10-17H,7-9,18H2,1-6H3,(H,27,29). The summed E-state index contributed by atoms with van der Waals surface area (Å²) in [6.45, 7) is 11.5. The number of rotatable bonds is 10. The van der Waals surface area contributed by atoms with E-state index in [1.807, 2.05) is 57.2 Å². The lowest BCUT2D eigenvalue weighted by Gasteiger charge is -2.24. The topological polar surface area (TPSA) is 83.1 Å². The Bertz CT molecular complexity index is 898. The van der Waals surface area contributed by atoms with Crippen LogP contribution in [0.3, 0.4) is 0 Å². The summed E-state index contributed by atoms with van der Waals surface area (Å²) in [6, 6.07) is 14.8. The lowest BCUT2D eigenvalue weighted by atomic mass is 10.1. The summed E-state index contributed by atoms with van der Waals surface area (Å²) >= 11 is 0. The number of hydrogen-bond donors (Lipinski definition) is 1. The number of amides is 1. The fourth-order valence-corrected chi connectivity index (χ4v) is 2.89. The molecule has 7 nitrogen and oxygen atoms in total. The van der Waals surface area contributed by atoms with Gasteiger partial charge in [0.25, 0.3) is 0 Å². The van der Waals surface area contributed by atoms with Gasteiger partial charge in [-0.3, -0.25) is 5.32 Å². The minimum Gasteiger partial charge on any atom is -0.494 e. The first-order chi connectivity index (χ1) is 15.5. The van der Waals surface area contributed by atoms with Crippen LogP contribution in [0.5, 0.6) is 11.5 Å². The Morgan fingerprint density at radius 1 is 0.879 bits per heavy atom. The average molecular weight is 458 g/mol. The Hall–Kier alpha value is -3.22. The maximum atomic E-state index is 12.0. The van der Waals surface area contributed by atoms with Crippen LogP contribution < -0.4 is 14.8 Å². The Labute approximate surface area is 196 Å². The lowest BCUT2D eigenvalue weighted by Crippen LogP contribution is -2.39. The molecule has 0 fully saturated rings. The number of benzene rings is 2. The molecule has 0 spiro atoms. The van der Waals surface area contributed by atoms with Crippen LogP contribution in [0.4, 0.5) is 10.5 Å². The first-order valence-corrected chi connectivity index (χ1v) is 11.2. The van der Waals surface area contributed by atoms with Crippen LogP contribution >= 0.6 is 0 Å². The van der Waals surface area contributed by atoms with Crippen molar-refractivity contribution in [3.63, 3.8) is 0 Å². The molecule has 7 heteroatoms. The van der Waals surface area contributed by atoms with Crippen molar-refractivity contribution in [1.29, 1.82) is 0 Å². The van der Waals surface area contributed by atoms with Gasteiger partial charge in [0.15, 0.2) is 5.60 Å². The van der Waals surface area contributed by atoms with Crippen molar-refractivity contribution in [2.45, 2.75) is 65.6 Å². The third-order valence-electron chi connectivity index (χ3n) is 4.44. The van der Waals surface area contributed by atoms with E-state index in [4.69, 9.17) is 18.9 Å². The third kappa shape index (κ3) is 9.43. The van der Waals surface area contributed by atoms with E-state index in [2.05, 4.69) is 5.32 Å². The predicted octanol–water partition coefficient (Wildman–Crippen LogP) is 5.77. The highest BCUT2D eigenvalue weighted by Gasteiger charge is 2.31. The molecule has 180 valence electrons. The molecule has 2 rings (SSSR count). The van der Waals surface area contributed by atoms with Gasteiger partial charge in [0.1, 0.15) is 17.1 Å². The van der Waals surface area contributed by atoms with Crippen LogP contribution in [0.2, 0.25) is 0 Å². The molecule has 1 amide bonds. The molecule has 0 radical (unpaired) electrons. The number of ether oxygens (including phenoxy) is 4. The van der Waals surface area contributed by atoms with Gasteiger partial charge in [-0.2, -0.15) is 0 Å². The van der Waals surface area contributed by atoms with Crippen LogP contribution in [-0.4, -0.2) is 36.5 Å². The quantitative estimate of drug-likeness (QED) is 0.360. The SMILES string of the molecule is CCOC(=O)C(C)(C)Oc1ccc(CCCOc2ccc(NC(=O)OC(C)(C)C)cc2)cc1. The normalized spacial score (nSPS) is 11.5. The summed E-state index contributed by atoms with van der Waals surface area (Å²) < 4.78 is 21.8. The molecule has 0 saturated carbocycles. The molecule has 2 aromatic carbocycles. The molecular weight excluding hydrogens is 422 g/mol. The van der Waals surface area contributed by atoms with Gasteiger partial charge in [-0.25, -0.2) is 9.59 Å². The Morgan fingerprint density at radius 3 is 2.06 bits per heavy atom. The van der Waals surface area contributed by atoms with Gasteiger partial charge >= 0.3 is 12.1 Å². The molecule has 33 heavy (non-hydrogen) atoms. The molecule has 0 aromatic heterocycles. The van der Waals surface area contributed by atoms with Crippen LogP contribution in [0.15, 0.2) is 48.5 Å². The monoisotopic (exact) mass is 457 g/mol. The van der Waals surface area contributed by atoms with E-state index in [1.165, 1.54) is 0 Å². The van der Waals surface area contributed by atoms with Gasteiger partial charge < -0.3 is 18.9 Å². The van der Waals surface area contributed by atoms with E-state index < -0.39 is 17.3 Å². The molecule has 2 aromatic rings. The van der Waals surface area contributed by atoms with E-state index in [9.17, 15) is 9.59 Å². The number of esters is 1. The fourth-order valence-electron chi connectivity index (χ4n) is 2.89. The highest BCUT2D eigenvalue weighted by Crippen LogP contribution is 2.21. The molecule has 0 aliphatic rings. The molecule has 1 N–H and O–H groups in total. The number of nitrogens with one attached hydrogen (secondary N) is 1. The Balaban J connectivity index is 1.74. The second-order valence-electron chi connectivity index (χ2n) is 9.08. The van der Waals surface area contributed by atoms with Crippen molar-refractivity contribution in [3.8, 4) is 11.5 Å². The summed E-state index contributed by atoms with van der Waals surface area (Å²) in [5.41, 5.74) is 0.213. The van der Waals surface area contributed by atoms with Crippen LogP contribution in [0.1, 0.15) is 53.5 Å². The zero-order valence-electron chi connectivity index (χ0n) is 20.4. The molecule has 0 heterocycles. The van der Waals surface area contributed by atoms with Gasteiger partial charge in [0, 0.05) is 5.69 Å². The summed E-state index contributed by atoms with van der Waals surface area (Å²) in [5.74, 6) is 0.961. The van der Waals surface area contributed by atoms with Gasteiger partial charge in [-0.1, -0.05) is 12.1 Å². The van der Waals surface area contributed by atoms with E-state index in [0.29, 0.717) is 24.7 Å². The van der Waals surface area contributed by atoms with Crippen molar-refractivity contribution >= 4 is 17.7 Å². The van der Waals surface area contributed by atoms with E-state index >= 15 is 0 Å². The second-order valence-corrected chi connectivity index (χ2v) is 9.08. The van der Waals surface area contributed by atoms with Crippen molar-refractivity contribution in [3.05, 3.63) is 54.1 Å². The Kier molecular flexibility index (Phi) is 9.14. The Morgan fingerprint density at radius 2 is 1.48 bits per heavy atom. The minimum absolute atomic E-state index is 0.319. The summed E-state index contributed by atoms with van der Waals surface area (Å²) in [7, 11) is 0. The van der Waals surface area contributed by atoms with Crippen LogP contribution in [-0.2, 0) is 20.7 Å². The first kappa shape index (κ1) is 26.0. The maximum Gasteiger partial charge on any atom is 0.412 e. The van der Waals surface area contributed by atoms with Gasteiger partial charge in [-0.05, 0) is 96.3 Å². The number of aryl methyl sites for hydroxylation is 1. The fraction of sp³-hybridized carbons (Fsp3) is 0.462.